The Labute approximate surface area is 196 Å². The highest BCUT2D eigenvalue weighted by Crippen LogP contribution is 2.37. The number of amides is 1. The van der Waals surface area contributed by atoms with E-state index >= 15 is 0 Å². The summed E-state index contributed by atoms with van der Waals surface area (Å²) < 4.78 is 2.04. The first-order valence-corrected chi connectivity index (χ1v) is 12.3. The molecule has 1 aliphatic heterocycles. The third-order valence-corrected chi connectivity index (χ3v) is 7.51. The number of nitrogens with zero attached hydrogens (tertiary/aromatic N) is 3. The van der Waals surface area contributed by atoms with E-state index in [0.29, 0.717) is 32.7 Å². The Hall–Kier alpha value is -2.23. The number of aliphatic hydroxyl groups excluding tert-OH is 1. The standard InChI is InChI=1S/C23H28N4O3S2/c1-3-15(13-28)24-19-17(21(29)26-11-7-8-14(2)20(26)25-19)12-18-22(30)27(23(31)32-18)16-9-5-4-6-10-16/h7-8,11-12,15-16,24,28H,3-6,9-10,13H2,1-2H3/b18-12-/t15-/m0/s1. The zero-order valence-corrected chi connectivity index (χ0v) is 20.0. The zero-order chi connectivity index (χ0) is 22.8. The van der Waals surface area contributed by atoms with E-state index < -0.39 is 0 Å². The molecule has 170 valence electrons. The van der Waals surface area contributed by atoms with Crippen LogP contribution in [0, 0.1) is 6.92 Å². The number of hydrogen-bond donors (Lipinski definition) is 2. The van der Waals surface area contributed by atoms with E-state index in [2.05, 4.69) is 5.32 Å². The van der Waals surface area contributed by atoms with Gasteiger partial charge in [0, 0.05) is 12.2 Å². The molecule has 0 bridgehead atoms. The summed E-state index contributed by atoms with van der Waals surface area (Å²) in [4.78, 5) is 33.5. The van der Waals surface area contributed by atoms with Crippen LogP contribution in [0.4, 0.5) is 5.82 Å². The number of nitrogens with one attached hydrogen (secondary N) is 1. The summed E-state index contributed by atoms with van der Waals surface area (Å²) in [5, 5.41) is 12.9. The van der Waals surface area contributed by atoms with Gasteiger partial charge in [-0.3, -0.25) is 18.9 Å². The molecule has 0 spiro atoms. The Balaban J connectivity index is 1.79. The van der Waals surface area contributed by atoms with Crippen LogP contribution in [-0.4, -0.2) is 48.3 Å². The molecule has 2 fully saturated rings. The molecule has 2 aromatic rings. The third kappa shape index (κ3) is 4.33. The molecule has 3 heterocycles. The van der Waals surface area contributed by atoms with E-state index in [1.807, 2.05) is 19.9 Å². The van der Waals surface area contributed by atoms with E-state index in [0.717, 1.165) is 31.2 Å². The fourth-order valence-corrected chi connectivity index (χ4v) is 5.67. The largest absolute Gasteiger partial charge is 0.394 e. The number of thioether (sulfide) groups is 1. The third-order valence-electron chi connectivity index (χ3n) is 6.18. The van der Waals surface area contributed by atoms with Gasteiger partial charge in [-0.2, -0.15) is 0 Å². The molecule has 2 aliphatic rings. The monoisotopic (exact) mass is 472 g/mol. The van der Waals surface area contributed by atoms with Crippen molar-refractivity contribution >= 4 is 51.7 Å². The van der Waals surface area contributed by atoms with Gasteiger partial charge in [0.1, 0.15) is 15.8 Å². The van der Waals surface area contributed by atoms with Crippen LogP contribution >= 0.6 is 24.0 Å². The van der Waals surface area contributed by atoms with Crippen LogP contribution < -0.4 is 10.9 Å². The van der Waals surface area contributed by atoms with Crippen molar-refractivity contribution in [1.29, 1.82) is 0 Å². The fraction of sp³-hybridized carbons (Fsp3) is 0.478. The van der Waals surface area contributed by atoms with Gasteiger partial charge in [0.05, 0.1) is 23.1 Å². The van der Waals surface area contributed by atoms with Gasteiger partial charge in [0.15, 0.2) is 0 Å². The molecule has 7 nitrogen and oxygen atoms in total. The Morgan fingerprint density at radius 2 is 2.09 bits per heavy atom. The number of carbonyl (C=O) groups excluding carboxylic acids is 1. The van der Waals surface area contributed by atoms with E-state index in [1.165, 1.54) is 22.6 Å². The van der Waals surface area contributed by atoms with Gasteiger partial charge in [-0.05, 0) is 43.9 Å². The van der Waals surface area contributed by atoms with Crippen LogP contribution in [0.2, 0.25) is 0 Å². The number of anilines is 1. The second kappa shape index (κ2) is 9.72. The van der Waals surface area contributed by atoms with Crippen molar-refractivity contribution in [3.63, 3.8) is 0 Å². The van der Waals surface area contributed by atoms with Gasteiger partial charge in [-0.25, -0.2) is 4.98 Å². The molecule has 1 aliphatic carbocycles. The van der Waals surface area contributed by atoms with Crippen LogP contribution in [0.25, 0.3) is 11.7 Å². The normalized spacial score (nSPS) is 19.8. The molecule has 0 aromatic carbocycles. The van der Waals surface area contributed by atoms with Crippen LogP contribution in [-0.2, 0) is 4.79 Å². The number of fused-ring (bicyclic) bond motifs is 1. The number of aromatic nitrogens is 2. The molecule has 0 unspecified atom stereocenters. The number of rotatable bonds is 6. The SMILES string of the molecule is CC[C@@H](CO)Nc1nc2c(C)cccn2c(=O)c1/C=C1\SC(=S)N(C2CCCCC2)C1=O. The number of aliphatic hydroxyl groups is 1. The van der Waals surface area contributed by atoms with Gasteiger partial charge in [0.25, 0.3) is 11.5 Å². The Kier molecular flexibility index (Phi) is 6.97. The molecule has 2 aromatic heterocycles. The molecular weight excluding hydrogens is 444 g/mol. The molecule has 4 rings (SSSR count). The predicted octanol–water partition coefficient (Wildman–Crippen LogP) is 3.72. The van der Waals surface area contributed by atoms with E-state index in [-0.39, 0.29) is 30.2 Å². The van der Waals surface area contributed by atoms with Crippen molar-refractivity contribution in [2.24, 2.45) is 0 Å². The molecule has 1 saturated heterocycles. The van der Waals surface area contributed by atoms with Crippen molar-refractivity contribution in [2.45, 2.75) is 64.5 Å². The molecule has 1 amide bonds. The van der Waals surface area contributed by atoms with Gasteiger partial charge in [-0.1, -0.05) is 56.2 Å². The number of pyridine rings is 1. The zero-order valence-electron chi connectivity index (χ0n) is 18.3. The second-order valence-electron chi connectivity index (χ2n) is 8.34. The highest BCUT2D eigenvalue weighted by molar-refractivity contribution is 8.26. The summed E-state index contributed by atoms with van der Waals surface area (Å²) in [6.07, 6.45) is 9.26. The minimum atomic E-state index is -0.267. The summed E-state index contributed by atoms with van der Waals surface area (Å²) in [5.41, 5.74) is 1.43. The van der Waals surface area contributed by atoms with E-state index in [9.17, 15) is 14.7 Å². The van der Waals surface area contributed by atoms with Crippen molar-refractivity contribution in [1.82, 2.24) is 14.3 Å². The van der Waals surface area contributed by atoms with Crippen LogP contribution in [0.5, 0.6) is 0 Å². The highest BCUT2D eigenvalue weighted by atomic mass is 32.2. The van der Waals surface area contributed by atoms with Crippen LogP contribution in [0.3, 0.4) is 0 Å². The second-order valence-corrected chi connectivity index (χ2v) is 10.0. The summed E-state index contributed by atoms with van der Waals surface area (Å²) in [6, 6.07) is 3.58. The average molecular weight is 473 g/mol. The van der Waals surface area contributed by atoms with Gasteiger partial charge in [0.2, 0.25) is 0 Å². The highest BCUT2D eigenvalue weighted by Gasteiger charge is 2.37. The summed E-state index contributed by atoms with van der Waals surface area (Å²) >= 11 is 6.78. The van der Waals surface area contributed by atoms with Crippen molar-refractivity contribution in [3.8, 4) is 0 Å². The van der Waals surface area contributed by atoms with Crippen molar-refractivity contribution < 1.29 is 9.90 Å². The fourth-order valence-electron chi connectivity index (χ4n) is 4.29. The first kappa shape index (κ1) is 22.9. The lowest BCUT2D eigenvalue weighted by Gasteiger charge is -2.29. The molecule has 1 atom stereocenters. The molecule has 2 N–H and O–H groups in total. The Morgan fingerprint density at radius 1 is 1.34 bits per heavy atom. The number of thiocarbonyl (C=S) groups is 1. The predicted molar refractivity (Wildman–Crippen MR) is 133 cm³/mol. The number of carbonyl (C=O) groups is 1. The van der Waals surface area contributed by atoms with Crippen LogP contribution in [0.15, 0.2) is 28.0 Å². The minimum Gasteiger partial charge on any atom is -0.394 e. The maximum absolute atomic E-state index is 13.4. The summed E-state index contributed by atoms with van der Waals surface area (Å²) in [5.74, 6) is 0.230. The summed E-state index contributed by atoms with van der Waals surface area (Å²) in [7, 11) is 0. The van der Waals surface area contributed by atoms with Crippen molar-refractivity contribution in [3.05, 3.63) is 44.7 Å². The summed E-state index contributed by atoms with van der Waals surface area (Å²) in [6.45, 7) is 3.75. The maximum Gasteiger partial charge on any atom is 0.267 e. The molecule has 1 saturated carbocycles. The average Bonchev–Trinajstić information content (AvgIpc) is 3.08. The lowest BCUT2D eigenvalue weighted by atomic mass is 9.94. The Bertz CT molecular complexity index is 1130. The topological polar surface area (TPSA) is 86.9 Å². The number of aryl methyl sites for hydroxylation is 1. The quantitative estimate of drug-likeness (QED) is 0.489. The molecule has 9 heteroatoms. The van der Waals surface area contributed by atoms with Gasteiger partial charge in [-0.15, -0.1) is 0 Å². The minimum absolute atomic E-state index is 0.0887. The first-order chi connectivity index (χ1) is 15.4. The van der Waals surface area contributed by atoms with Gasteiger partial charge < -0.3 is 10.4 Å². The molecular formula is C23H28N4O3S2. The molecule has 32 heavy (non-hydrogen) atoms. The maximum atomic E-state index is 13.4. The van der Waals surface area contributed by atoms with Crippen molar-refractivity contribution in [2.75, 3.05) is 11.9 Å². The molecule has 0 radical (unpaired) electrons. The van der Waals surface area contributed by atoms with Crippen LogP contribution in [0.1, 0.15) is 56.6 Å². The van der Waals surface area contributed by atoms with E-state index in [4.69, 9.17) is 17.2 Å². The smallest absolute Gasteiger partial charge is 0.267 e. The Morgan fingerprint density at radius 3 is 2.78 bits per heavy atom. The lowest BCUT2D eigenvalue weighted by Crippen LogP contribution is -2.39. The lowest BCUT2D eigenvalue weighted by molar-refractivity contribution is -0.124. The van der Waals surface area contributed by atoms with E-state index in [1.54, 1.807) is 23.2 Å². The number of hydrogen-bond acceptors (Lipinski definition) is 7. The van der Waals surface area contributed by atoms with Gasteiger partial charge >= 0.3 is 0 Å². The first-order valence-electron chi connectivity index (χ1n) is 11.1.